The summed E-state index contributed by atoms with van der Waals surface area (Å²) in [6, 6.07) is -0.735. The van der Waals surface area contributed by atoms with Crippen molar-refractivity contribution in [3.05, 3.63) is 0 Å². The Morgan fingerprint density at radius 3 is 2.26 bits per heavy atom. The molecule has 3 N–H and O–H groups in total. The quantitative estimate of drug-likeness (QED) is 0.180. The van der Waals surface area contributed by atoms with Gasteiger partial charge in [0, 0.05) is 0 Å². The molecule has 0 aromatic carbocycles. The van der Waals surface area contributed by atoms with E-state index in [9.17, 15) is 14.4 Å². The molecule has 3 atom stereocenters. The largest absolute Gasteiger partial charge is 0.508 e. The van der Waals surface area contributed by atoms with Crippen molar-refractivity contribution in [2.45, 2.75) is 116 Å². The molecule has 0 aromatic heterocycles. The van der Waals surface area contributed by atoms with Crippen LogP contribution in [0.4, 0.5) is 9.59 Å². The minimum atomic E-state index is -0.735. The van der Waals surface area contributed by atoms with E-state index in [-0.39, 0.29) is 12.7 Å². The van der Waals surface area contributed by atoms with Gasteiger partial charge >= 0.3 is 18.2 Å². The van der Waals surface area contributed by atoms with Crippen LogP contribution in [0.5, 0.6) is 0 Å². The monoisotopic (exact) mass is 486 g/mol. The fraction of sp³-hybridized carbons (Fsp3) is 0.880. The Bertz CT molecular complexity index is 582. The Morgan fingerprint density at radius 1 is 0.941 bits per heavy atom. The van der Waals surface area contributed by atoms with Crippen molar-refractivity contribution in [3.63, 3.8) is 0 Å². The van der Waals surface area contributed by atoms with Gasteiger partial charge < -0.3 is 30.0 Å². The molecule has 9 nitrogen and oxygen atoms in total. The first kappa shape index (κ1) is 30.0. The van der Waals surface area contributed by atoms with Crippen LogP contribution < -0.4 is 11.1 Å². The summed E-state index contributed by atoms with van der Waals surface area (Å²) in [5, 5.41) is 2.64. The van der Waals surface area contributed by atoms with Crippen LogP contribution in [0.3, 0.4) is 0 Å². The van der Waals surface area contributed by atoms with Crippen LogP contribution in [0, 0.1) is 5.92 Å². The first-order valence-electron chi connectivity index (χ1n) is 13.0. The van der Waals surface area contributed by atoms with E-state index in [1.54, 1.807) is 13.8 Å². The molecule has 0 aromatic rings. The lowest BCUT2D eigenvalue weighted by atomic mass is 9.83. The zero-order chi connectivity index (χ0) is 25.2. The van der Waals surface area contributed by atoms with E-state index >= 15 is 0 Å². The lowest BCUT2D eigenvalue weighted by Gasteiger charge is -2.30. The van der Waals surface area contributed by atoms with E-state index in [0.717, 1.165) is 57.8 Å². The molecule has 0 aliphatic heterocycles. The van der Waals surface area contributed by atoms with Crippen molar-refractivity contribution in [2.24, 2.45) is 11.7 Å². The second kappa shape index (κ2) is 18.3. The van der Waals surface area contributed by atoms with Crippen molar-refractivity contribution in [1.29, 1.82) is 0 Å². The third-order valence-electron chi connectivity index (χ3n) is 6.33. The number of nitrogens with one attached hydrogen (secondary N) is 1. The predicted octanol–water partition coefficient (Wildman–Crippen LogP) is 4.84. The Balaban J connectivity index is 2.49. The van der Waals surface area contributed by atoms with Crippen LogP contribution in [0.1, 0.15) is 97.3 Å². The summed E-state index contributed by atoms with van der Waals surface area (Å²) >= 11 is 0. The van der Waals surface area contributed by atoms with E-state index in [1.807, 2.05) is 0 Å². The molecule has 0 spiro atoms. The van der Waals surface area contributed by atoms with Gasteiger partial charge in [-0.05, 0) is 64.8 Å². The second-order valence-electron chi connectivity index (χ2n) is 9.10. The summed E-state index contributed by atoms with van der Waals surface area (Å²) in [4.78, 5) is 36.4. The molecule has 1 aliphatic rings. The SMILES string of the molecule is CCOC(=O)OC(CCC(C)OC(=O)NC(CCCCCCCN)C(=O)OC)C1CCCCC1. The second-order valence-corrected chi connectivity index (χ2v) is 9.10. The van der Waals surface area contributed by atoms with Crippen molar-refractivity contribution in [1.82, 2.24) is 5.32 Å². The van der Waals surface area contributed by atoms with Gasteiger partial charge in [-0.1, -0.05) is 44.9 Å². The Labute approximate surface area is 204 Å². The molecular formula is C25H46N2O7. The fourth-order valence-corrected chi connectivity index (χ4v) is 4.40. The number of carbonyl (C=O) groups is 3. The number of hydrogen-bond acceptors (Lipinski definition) is 8. The summed E-state index contributed by atoms with van der Waals surface area (Å²) in [7, 11) is 1.31. The van der Waals surface area contributed by atoms with Gasteiger partial charge in [-0.2, -0.15) is 0 Å². The van der Waals surface area contributed by atoms with E-state index in [1.165, 1.54) is 13.5 Å². The Hall–Kier alpha value is -2.03. The van der Waals surface area contributed by atoms with Crippen LogP contribution in [0.2, 0.25) is 0 Å². The number of alkyl carbamates (subject to hydrolysis) is 1. The molecule has 1 amide bonds. The van der Waals surface area contributed by atoms with Gasteiger partial charge in [0.2, 0.25) is 0 Å². The summed E-state index contributed by atoms with van der Waals surface area (Å²) in [5.41, 5.74) is 5.50. The summed E-state index contributed by atoms with van der Waals surface area (Å²) in [6.45, 7) is 4.50. The first-order valence-corrected chi connectivity index (χ1v) is 13.0. The van der Waals surface area contributed by atoms with Gasteiger partial charge in [0.05, 0.1) is 13.7 Å². The van der Waals surface area contributed by atoms with Crippen molar-refractivity contribution in [2.75, 3.05) is 20.3 Å². The minimum absolute atomic E-state index is 0.254. The highest BCUT2D eigenvalue weighted by atomic mass is 16.7. The van der Waals surface area contributed by atoms with Gasteiger partial charge in [0.15, 0.2) is 0 Å². The van der Waals surface area contributed by atoms with Crippen molar-refractivity contribution >= 4 is 18.2 Å². The van der Waals surface area contributed by atoms with Gasteiger partial charge in [0.25, 0.3) is 0 Å². The number of methoxy groups -OCH3 is 1. The Morgan fingerprint density at radius 2 is 1.62 bits per heavy atom. The van der Waals surface area contributed by atoms with E-state index in [2.05, 4.69) is 5.32 Å². The molecule has 0 radical (unpaired) electrons. The zero-order valence-electron chi connectivity index (χ0n) is 21.4. The van der Waals surface area contributed by atoms with Gasteiger partial charge in [0.1, 0.15) is 18.2 Å². The van der Waals surface area contributed by atoms with E-state index < -0.39 is 30.4 Å². The molecule has 1 fully saturated rings. The lowest BCUT2D eigenvalue weighted by molar-refractivity contribution is -0.143. The average molecular weight is 487 g/mol. The molecule has 0 saturated heterocycles. The highest BCUT2D eigenvalue weighted by molar-refractivity contribution is 5.81. The summed E-state index contributed by atoms with van der Waals surface area (Å²) < 4.78 is 20.9. The number of rotatable bonds is 16. The molecule has 198 valence electrons. The number of esters is 1. The molecule has 3 unspecified atom stereocenters. The number of unbranched alkanes of at least 4 members (excludes halogenated alkanes) is 4. The molecule has 1 rings (SSSR count). The number of amides is 1. The predicted molar refractivity (Wildman–Crippen MR) is 129 cm³/mol. The topological polar surface area (TPSA) is 126 Å². The molecule has 0 heterocycles. The van der Waals surface area contributed by atoms with Crippen LogP contribution in [-0.2, 0) is 23.7 Å². The van der Waals surface area contributed by atoms with Crippen molar-refractivity contribution < 1.29 is 33.3 Å². The van der Waals surface area contributed by atoms with E-state index in [4.69, 9.17) is 24.7 Å². The molecule has 1 aliphatic carbocycles. The smallest absolute Gasteiger partial charge is 0.467 e. The van der Waals surface area contributed by atoms with Gasteiger partial charge in [-0.3, -0.25) is 0 Å². The number of hydrogen-bond donors (Lipinski definition) is 2. The van der Waals surface area contributed by atoms with Gasteiger partial charge in [-0.25, -0.2) is 14.4 Å². The highest BCUT2D eigenvalue weighted by Gasteiger charge is 2.29. The fourth-order valence-electron chi connectivity index (χ4n) is 4.40. The summed E-state index contributed by atoms with van der Waals surface area (Å²) in [6.07, 6.45) is 10.0. The highest BCUT2D eigenvalue weighted by Crippen LogP contribution is 2.30. The number of ether oxygens (including phenoxy) is 4. The number of carbonyl (C=O) groups excluding carboxylic acids is 3. The normalized spacial score (nSPS) is 16.7. The van der Waals surface area contributed by atoms with Crippen molar-refractivity contribution in [3.8, 4) is 0 Å². The van der Waals surface area contributed by atoms with Gasteiger partial charge in [-0.15, -0.1) is 0 Å². The molecule has 34 heavy (non-hydrogen) atoms. The Kier molecular flexibility index (Phi) is 16.2. The minimum Gasteiger partial charge on any atom is -0.467 e. The third-order valence-corrected chi connectivity index (χ3v) is 6.33. The van der Waals surface area contributed by atoms with Crippen LogP contribution >= 0.6 is 0 Å². The average Bonchev–Trinajstić information content (AvgIpc) is 2.83. The molecular weight excluding hydrogens is 440 g/mol. The molecule has 1 saturated carbocycles. The maximum Gasteiger partial charge on any atom is 0.508 e. The molecule has 0 bridgehead atoms. The summed E-state index contributed by atoms with van der Waals surface area (Å²) in [5.74, 6) is -0.181. The lowest BCUT2D eigenvalue weighted by Crippen LogP contribution is -2.42. The van der Waals surface area contributed by atoms with E-state index in [0.29, 0.717) is 31.7 Å². The first-order chi connectivity index (χ1) is 16.4. The molecule has 9 heteroatoms. The maximum absolute atomic E-state index is 12.4. The zero-order valence-corrected chi connectivity index (χ0v) is 21.4. The maximum atomic E-state index is 12.4. The third kappa shape index (κ3) is 13.0. The van der Waals surface area contributed by atoms with Crippen LogP contribution in [-0.4, -0.2) is 56.7 Å². The standard InChI is InChI=1S/C25H46N2O7/c1-4-32-25(30)34-22(20-13-9-8-10-14-20)17-16-19(2)33-24(29)27-21(23(28)31-3)15-11-6-5-7-12-18-26/h19-22H,4-18,26H2,1-3H3,(H,27,29). The number of nitrogens with two attached hydrogens (primary N) is 1. The van der Waals surface area contributed by atoms with Crippen LogP contribution in [0.15, 0.2) is 0 Å². The van der Waals surface area contributed by atoms with Crippen LogP contribution in [0.25, 0.3) is 0 Å².